The largest absolute Gasteiger partial charge is 0.313 e. The molecule has 3 heteroatoms. The van der Waals surface area contributed by atoms with Gasteiger partial charge in [0.25, 0.3) is 0 Å². The van der Waals surface area contributed by atoms with Gasteiger partial charge in [-0.25, -0.2) is 0 Å². The monoisotopic (exact) mass is 271 g/mol. The highest BCUT2D eigenvalue weighted by atomic mass is 15.2. The maximum Gasteiger partial charge on any atom is 0.0194 e. The smallest absolute Gasteiger partial charge is 0.0194 e. The fourth-order valence-electron chi connectivity index (χ4n) is 2.38. The molecule has 1 N–H and O–H groups in total. The molecule has 0 radical (unpaired) electrons. The van der Waals surface area contributed by atoms with Crippen LogP contribution >= 0.6 is 0 Å². The highest BCUT2D eigenvalue weighted by Gasteiger charge is 2.14. The highest BCUT2D eigenvalue weighted by Crippen LogP contribution is 2.04. The van der Waals surface area contributed by atoms with E-state index in [4.69, 9.17) is 0 Å². The third-order valence-electron chi connectivity index (χ3n) is 3.29. The molecule has 0 amide bonds. The number of hydrogen-bond donors (Lipinski definition) is 1. The lowest BCUT2D eigenvalue weighted by Gasteiger charge is -2.30. The molecule has 116 valence electrons. The quantitative estimate of drug-likeness (QED) is 0.589. The van der Waals surface area contributed by atoms with Crippen LogP contribution in [-0.4, -0.2) is 62.7 Å². The number of nitrogens with zero attached hydrogens (tertiary/aromatic N) is 2. The summed E-state index contributed by atoms with van der Waals surface area (Å²) in [6, 6.07) is 0.658. The molecule has 0 aromatic rings. The Hall–Kier alpha value is -0.120. The summed E-state index contributed by atoms with van der Waals surface area (Å²) in [6.45, 7) is 15.0. The molecule has 0 aliphatic heterocycles. The van der Waals surface area contributed by atoms with E-state index in [1.807, 2.05) is 0 Å². The molecule has 0 saturated carbocycles. The van der Waals surface area contributed by atoms with Crippen LogP contribution in [0.25, 0.3) is 0 Å². The molecular weight excluding hydrogens is 234 g/mol. The van der Waals surface area contributed by atoms with Gasteiger partial charge in [0.1, 0.15) is 0 Å². The van der Waals surface area contributed by atoms with Gasteiger partial charge in [0.2, 0.25) is 0 Å². The van der Waals surface area contributed by atoms with Crippen molar-refractivity contribution >= 4 is 0 Å². The lowest BCUT2D eigenvalue weighted by molar-refractivity contribution is 0.195. The van der Waals surface area contributed by atoms with Gasteiger partial charge >= 0.3 is 0 Å². The Balaban J connectivity index is 4.28. The Morgan fingerprint density at radius 2 is 1.63 bits per heavy atom. The van der Waals surface area contributed by atoms with Crippen molar-refractivity contribution in [3.8, 4) is 0 Å². The minimum absolute atomic E-state index is 0.658. The Kier molecular flexibility index (Phi) is 11.6. The molecule has 3 nitrogen and oxygen atoms in total. The van der Waals surface area contributed by atoms with E-state index in [0.29, 0.717) is 6.04 Å². The fourth-order valence-corrected chi connectivity index (χ4v) is 2.38. The molecule has 0 aliphatic rings. The van der Waals surface area contributed by atoms with Crippen LogP contribution in [0.1, 0.15) is 47.0 Å². The summed E-state index contributed by atoms with van der Waals surface area (Å²) in [6.07, 6.45) is 3.78. The third-order valence-corrected chi connectivity index (χ3v) is 3.29. The summed E-state index contributed by atoms with van der Waals surface area (Å²) in [4.78, 5) is 4.91. The summed E-state index contributed by atoms with van der Waals surface area (Å²) in [7, 11) is 4.32. The molecule has 19 heavy (non-hydrogen) atoms. The zero-order chi connectivity index (χ0) is 14.7. The summed E-state index contributed by atoms with van der Waals surface area (Å²) in [5.74, 6) is 0.746. The molecule has 0 aliphatic carbocycles. The molecule has 0 bridgehead atoms. The SMILES string of the molecule is CCCNC(CCC)CN(CCN(C)C)CC(C)C. The van der Waals surface area contributed by atoms with Crippen molar-refractivity contribution in [3.63, 3.8) is 0 Å². The number of nitrogens with one attached hydrogen (secondary N) is 1. The van der Waals surface area contributed by atoms with E-state index in [1.165, 1.54) is 38.9 Å². The van der Waals surface area contributed by atoms with Gasteiger partial charge in [-0.1, -0.05) is 34.1 Å². The van der Waals surface area contributed by atoms with Crippen molar-refractivity contribution < 1.29 is 0 Å². The topological polar surface area (TPSA) is 18.5 Å². The van der Waals surface area contributed by atoms with E-state index in [9.17, 15) is 0 Å². The van der Waals surface area contributed by atoms with Gasteiger partial charge in [-0.2, -0.15) is 0 Å². The first-order valence-corrected chi connectivity index (χ1v) is 8.10. The zero-order valence-corrected chi connectivity index (χ0v) is 14.2. The lowest BCUT2D eigenvalue weighted by atomic mass is 10.1. The molecule has 0 rings (SSSR count). The first-order chi connectivity index (χ1) is 8.99. The standard InChI is InChI=1S/C16H37N3/c1-7-9-16(17-10-8-2)14-19(13-15(3)4)12-11-18(5)6/h15-17H,7-14H2,1-6H3. The lowest BCUT2D eigenvalue weighted by Crippen LogP contribution is -2.44. The van der Waals surface area contributed by atoms with Gasteiger partial charge in [-0.15, -0.1) is 0 Å². The first-order valence-electron chi connectivity index (χ1n) is 8.10. The van der Waals surface area contributed by atoms with Gasteiger partial charge in [-0.05, 0) is 39.4 Å². The average Bonchev–Trinajstić information content (AvgIpc) is 2.32. The second kappa shape index (κ2) is 11.7. The van der Waals surface area contributed by atoms with Crippen molar-refractivity contribution in [3.05, 3.63) is 0 Å². The number of likely N-dealkylation sites (N-methyl/N-ethyl adjacent to an activating group) is 1. The third kappa shape index (κ3) is 11.4. The molecule has 0 heterocycles. The van der Waals surface area contributed by atoms with E-state index in [2.05, 4.69) is 56.9 Å². The van der Waals surface area contributed by atoms with Crippen LogP contribution in [0.3, 0.4) is 0 Å². The maximum absolute atomic E-state index is 3.71. The Bertz CT molecular complexity index is 192. The van der Waals surface area contributed by atoms with E-state index < -0.39 is 0 Å². The summed E-state index contributed by atoms with van der Waals surface area (Å²) < 4.78 is 0. The van der Waals surface area contributed by atoms with Crippen LogP contribution in [0, 0.1) is 5.92 Å². The normalized spacial score (nSPS) is 13.7. The molecule has 1 atom stereocenters. The molecule has 0 aromatic carbocycles. The summed E-state index contributed by atoms with van der Waals surface area (Å²) >= 11 is 0. The second-order valence-electron chi connectivity index (χ2n) is 6.40. The van der Waals surface area contributed by atoms with Crippen LogP contribution in [0.4, 0.5) is 0 Å². The molecule has 0 spiro atoms. The average molecular weight is 271 g/mol. The number of hydrogen-bond acceptors (Lipinski definition) is 3. The van der Waals surface area contributed by atoms with Crippen molar-refractivity contribution in [2.24, 2.45) is 5.92 Å². The molecule has 1 unspecified atom stereocenters. The Morgan fingerprint density at radius 1 is 0.947 bits per heavy atom. The van der Waals surface area contributed by atoms with E-state index in [0.717, 1.165) is 19.0 Å². The van der Waals surface area contributed by atoms with Crippen LogP contribution in [-0.2, 0) is 0 Å². The Labute approximate surface area is 121 Å². The van der Waals surface area contributed by atoms with Gasteiger partial charge in [0.05, 0.1) is 0 Å². The van der Waals surface area contributed by atoms with Gasteiger partial charge in [0, 0.05) is 32.2 Å². The molecule has 0 aromatic heterocycles. The Morgan fingerprint density at radius 3 is 2.11 bits per heavy atom. The van der Waals surface area contributed by atoms with Crippen molar-refractivity contribution in [2.45, 2.75) is 53.0 Å². The second-order valence-corrected chi connectivity index (χ2v) is 6.40. The fraction of sp³-hybridized carbons (Fsp3) is 1.00. The van der Waals surface area contributed by atoms with E-state index >= 15 is 0 Å². The van der Waals surface area contributed by atoms with Gasteiger partial charge < -0.3 is 15.1 Å². The summed E-state index contributed by atoms with van der Waals surface area (Å²) in [5.41, 5.74) is 0. The molecule has 0 saturated heterocycles. The van der Waals surface area contributed by atoms with E-state index in [1.54, 1.807) is 0 Å². The number of rotatable bonds is 12. The minimum Gasteiger partial charge on any atom is -0.313 e. The van der Waals surface area contributed by atoms with Crippen LogP contribution < -0.4 is 5.32 Å². The maximum atomic E-state index is 3.71. The first kappa shape index (κ1) is 18.9. The predicted molar refractivity (Wildman–Crippen MR) is 86.8 cm³/mol. The zero-order valence-electron chi connectivity index (χ0n) is 14.2. The van der Waals surface area contributed by atoms with Crippen LogP contribution in [0.15, 0.2) is 0 Å². The van der Waals surface area contributed by atoms with E-state index in [-0.39, 0.29) is 0 Å². The highest BCUT2D eigenvalue weighted by molar-refractivity contribution is 4.73. The van der Waals surface area contributed by atoms with Gasteiger partial charge in [0.15, 0.2) is 0 Å². The van der Waals surface area contributed by atoms with Crippen molar-refractivity contribution in [2.75, 3.05) is 46.8 Å². The minimum atomic E-state index is 0.658. The summed E-state index contributed by atoms with van der Waals surface area (Å²) in [5, 5.41) is 3.71. The molecule has 0 fully saturated rings. The predicted octanol–water partition coefficient (Wildman–Crippen LogP) is 2.67. The van der Waals surface area contributed by atoms with Gasteiger partial charge in [-0.3, -0.25) is 0 Å². The molecular formula is C16H37N3. The van der Waals surface area contributed by atoms with Crippen molar-refractivity contribution in [1.82, 2.24) is 15.1 Å². The van der Waals surface area contributed by atoms with Crippen molar-refractivity contribution in [1.29, 1.82) is 0 Å². The van der Waals surface area contributed by atoms with Crippen LogP contribution in [0.5, 0.6) is 0 Å². The van der Waals surface area contributed by atoms with Crippen LogP contribution in [0.2, 0.25) is 0 Å².